The van der Waals surface area contributed by atoms with E-state index in [1.54, 1.807) is 12.1 Å². The number of nitrogens with one attached hydrogen (secondary N) is 1. The number of aromatic carboxylic acids is 1. The summed E-state index contributed by atoms with van der Waals surface area (Å²) in [6.07, 6.45) is 0.947. The van der Waals surface area contributed by atoms with E-state index in [0.29, 0.717) is 5.56 Å². The molecule has 0 atom stereocenters. The predicted molar refractivity (Wildman–Crippen MR) is 58.0 cm³/mol. The number of rotatable bonds is 1. The van der Waals surface area contributed by atoms with E-state index in [2.05, 4.69) is 19.2 Å². The molecule has 1 aromatic rings. The molecule has 0 unspecified atom stereocenters. The van der Waals surface area contributed by atoms with E-state index in [9.17, 15) is 4.79 Å². The van der Waals surface area contributed by atoms with Crippen LogP contribution in [-0.4, -0.2) is 16.6 Å². The largest absolute Gasteiger partial charge is 0.478 e. The molecule has 3 nitrogen and oxygen atoms in total. The number of hydrogen-bond donors (Lipinski definition) is 2. The molecule has 1 aliphatic heterocycles. The molecule has 0 amide bonds. The Bertz CT molecular complexity index is 410. The normalized spacial score (nSPS) is 18.3. The Labute approximate surface area is 89.1 Å². The van der Waals surface area contributed by atoms with Crippen LogP contribution in [0.1, 0.15) is 35.3 Å². The molecule has 1 aliphatic rings. The molecule has 80 valence electrons. The van der Waals surface area contributed by atoms with Gasteiger partial charge in [-0.2, -0.15) is 0 Å². The molecule has 0 saturated heterocycles. The number of benzene rings is 1. The summed E-state index contributed by atoms with van der Waals surface area (Å²) in [5.41, 5.74) is 2.84. The van der Waals surface area contributed by atoms with Crippen molar-refractivity contribution >= 4 is 5.97 Å². The van der Waals surface area contributed by atoms with E-state index in [0.717, 1.165) is 18.5 Å². The Morgan fingerprint density at radius 2 is 2.13 bits per heavy atom. The van der Waals surface area contributed by atoms with Crippen molar-refractivity contribution < 1.29 is 9.90 Å². The molecule has 2 N–H and O–H groups in total. The molecule has 0 saturated carbocycles. The van der Waals surface area contributed by atoms with Crippen LogP contribution in [0.25, 0.3) is 0 Å². The van der Waals surface area contributed by atoms with Crippen LogP contribution in [0, 0.1) is 0 Å². The van der Waals surface area contributed by atoms with Crippen molar-refractivity contribution in [3.63, 3.8) is 0 Å². The number of hydrogen-bond acceptors (Lipinski definition) is 2. The average Bonchev–Trinajstić information content (AvgIpc) is 2.15. The first-order valence-electron chi connectivity index (χ1n) is 5.08. The summed E-state index contributed by atoms with van der Waals surface area (Å²) in [4.78, 5) is 10.8. The molecule has 0 bridgehead atoms. The van der Waals surface area contributed by atoms with Gasteiger partial charge in [0, 0.05) is 12.1 Å². The summed E-state index contributed by atoms with van der Waals surface area (Å²) in [5, 5.41) is 12.3. The van der Waals surface area contributed by atoms with Crippen molar-refractivity contribution in [2.75, 3.05) is 0 Å². The predicted octanol–water partition coefficient (Wildman–Crippen LogP) is 1.81. The van der Waals surface area contributed by atoms with Crippen LogP contribution >= 0.6 is 0 Å². The first-order chi connectivity index (χ1) is 6.98. The fraction of sp³-hybridized carbons (Fsp3) is 0.417. The van der Waals surface area contributed by atoms with Gasteiger partial charge in [0.1, 0.15) is 0 Å². The van der Waals surface area contributed by atoms with Crippen LogP contribution in [0.3, 0.4) is 0 Å². The third-order valence-electron chi connectivity index (χ3n) is 2.84. The summed E-state index contributed by atoms with van der Waals surface area (Å²) < 4.78 is 0. The van der Waals surface area contributed by atoms with Crippen LogP contribution in [0.5, 0.6) is 0 Å². The molecule has 2 rings (SSSR count). The lowest BCUT2D eigenvalue weighted by Gasteiger charge is -2.32. The van der Waals surface area contributed by atoms with Gasteiger partial charge in [-0.1, -0.05) is 6.07 Å². The monoisotopic (exact) mass is 205 g/mol. The van der Waals surface area contributed by atoms with Gasteiger partial charge in [0.2, 0.25) is 0 Å². The van der Waals surface area contributed by atoms with Gasteiger partial charge in [0.25, 0.3) is 0 Å². The molecule has 1 aromatic carbocycles. The molecule has 0 aliphatic carbocycles. The lowest BCUT2D eigenvalue weighted by molar-refractivity contribution is 0.0696. The van der Waals surface area contributed by atoms with Crippen molar-refractivity contribution in [3.8, 4) is 0 Å². The van der Waals surface area contributed by atoms with Crippen LogP contribution in [0.2, 0.25) is 0 Å². The Hall–Kier alpha value is -1.35. The van der Waals surface area contributed by atoms with E-state index in [1.807, 2.05) is 6.07 Å². The van der Waals surface area contributed by atoms with E-state index >= 15 is 0 Å². The Kier molecular flexibility index (Phi) is 2.27. The Morgan fingerprint density at radius 1 is 1.40 bits per heavy atom. The third-order valence-corrected chi connectivity index (χ3v) is 2.84. The second-order valence-corrected chi connectivity index (χ2v) is 4.70. The maximum atomic E-state index is 10.8. The summed E-state index contributed by atoms with van der Waals surface area (Å²) in [6, 6.07) is 5.38. The van der Waals surface area contributed by atoms with Crippen molar-refractivity contribution in [2.45, 2.75) is 32.4 Å². The van der Waals surface area contributed by atoms with Gasteiger partial charge in [-0.25, -0.2) is 4.79 Å². The minimum Gasteiger partial charge on any atom is -0.478 e. The topological polar surface area (TPSA) is 49.3 Å². The third kappa shape index (κ3) is 2.02. The van der Waals surface area contributed by atoms with Gasteiger partial charge >= 0.3 is 5.97 Å². The maximum Gasteiger partial charge on any atom is 0.335 e. The zero-order valence-corrected chi connectivity index (χ0v) is 9.00. The van der Waals surface area contributed by atoms with Gasteiger partial charge in [0.15, 0.2) is 0 Å². The van der Waals surface area contributed by atoms with Gasteiger partial charge in [-0.3, -0.25) is 0 Å². The molecule has 1 heterocycles. The van der Waals surface area contributed by atoms with E-state index in [1.165, 1.54) is 5.56 Å². The van der Waals surface area contributed by atoms with Crippen molar-refractivity contribution in [2.24, 2.45) is 0 Å². The van der Waals surface area contributed by atoms with E-state index < -0.39 is 5.97 Å². The van der Waals surface area contributed by atoms with Crippen LogP contribution < -0.4 is 5.32 Å². The van der Waals surface area contributed by atoms with Crippen molar-refractivity contribution in [1.82, 2.24) is 5.32 Å². The number of carboxylic acid groups (broad SMARTS) is 1. The quantitative estimate of drug-likeness (QED) is 0.735. The van der Waals surface area contributed by atoms with Crippen LogP contribution in [0.15, 0.2) is 18.2 Å². The number of carbonyl (C=O) groups is 1. The zero-order valence-electron chi connectivity index (χ0n) is 9.00. The average molecular weight is 205 g/mol. The highest BCUT2D eigenvalue weighted by Crippen LogP contribution is 2.23. The molecule has 0 aromatic heterocycles. The highest BCUT2D eigenvalue weighted by molar-refractivity contribution is 5.87. The van der Waals surface area contributed by atoms with Gasteiger partial charge < -0.3 is 10.4 Å². The van der Waals surface area contributed by atoms with Crippen LogP contribution in [-0.2, 0) is 13.0 Å². The Morgan fingerprint density at radius 3 is 2.80 bits per heavy atom. The molecule has 0 radical (unpaired) electrons. The van der Waals surface area contributed by atoms with Crippen molar-refractivity contribution in [1.29, 1.82) is 0 Å². The lowest BCUT2D eigenvalue weighted by Crippen LogP contribution is -2.44. The minimum absolute atomic E-state index is 0.109. The zero-order chi connectivity index (χ0) is 11.1. The molecule has 0 fully saturated rings. The molecule has 15 heavy (non-hydrogen) atoms. The highest BCUT2D eigenvalue weighted by Gasteiger charge is 2.24. The fourth-order valence-corrected chi connectivity index (χ4v) is 1.97. The smallest absolute Gasteiger partial charge is 0.335 e. The number of fused-ring (bicyclic) bond motifs is 1. The highest BCUT2D eigenvalue weighted by atomic mass is 16.4. The van der Waals surface area contributed by atoms with Gasteiger partial charge in [-0.15, -0.1) is 0 Å². The lowest BCUT2D eigenvalue weighted by atomic mass is 9.87. The van der Waals surface area contributed by atoms with E-state index in [4.69, 9.17) is 5.11 Å². The summed E-state index contributed by atoms with van der Waals surface area (Å²) in [7, 11) is 0. The van der Waals surface area contributed by atoms with Crippen molar-refractivity contribution in [3.05, 3.63) is 34.9 Å². The molecular weight excluding hydrogens is 190 g/mol. The second-order valence-electron chi connectivity index (χ2n) is 4.70. The fourth-order valence-electron chi connectivity index (χ4n) is 1.97. The molecule has 3 heteroatoms. The Balaban J connectivity index is 2.36. The minimum atomic E-state index is -0.859. The summed E-state index contributed by atoms with van der Waals surface area (Å²) in [6.45, 7) is 5.06. The van der Waals surface area contributed by atoms with Gasteiger partial charge in [0.05, 0.1) is 5.56 Å². The standard InChI is InChI=1S/C12H15NO2/c1-12(2)6-9-4-3-8(11(14)15)5-10(9)7-13-12/h3-5,13H,6-7H2,1-2H3,(H,14,15). The first kappa shape index (κ1) is 10.2. The van der Waals surface area contributed by atoms with Gasteiger partial charge in [-0.05, 0) is 43.5 Å². The van der Waals surface area contributed by atoms with E-state index in [-0.39, 0.29) is 5.54 Å². The summed E-state index contributed by atoms with van der Waals surface area (Å²) in [5.74, 6) is -0.859. The molecule has 0 spiro atoms. The number of carboxylic acids is 1. The maximum absolute atomic E-state index is 10.8. The first-order valence-corrected chi connectivity index (χ1v) is 5.08. The second kappa shape index (κ2) is 3.35. The SMILES string of the molecule is CC1(C)Cc2ccc(C(=O)O)cc2CN1. The molecular formula is C12H15NO2. The van der Waals surface area contributed by atoms with Crippen LogP contribution in [0.4, 0.5) is 0 Å². The summed E-state index contributed by atoms with van der Waals surface area (Å²) >= 11 is 0.